The van der Waals surface area contributed by atoms with E-state index in [9.17, 15) is 0 Å². The lowest BCUT2D eigenvalue weighted by Gasteiger charge is -2.20. The zero-order valence-corrected chi connectivity index (χ0v) is 12.0. The van der Waals surface area contributed by atoms with Crippen molar-refractivity contribution in [1.29, 1.82) is 0 Å². The summed E-state index contributed by atoms with van der Waals surface area (Å²) in [5.74, 6) is 1.81. The van der Waals surface area contributed by atoms with Gasteiger partial charge in [0, 0.05) is 0 Å². The third-order valence-electron chi connectivity index (χ3n) is 3.11. The molecule has 92 valence electrons. The standard InChI is InChI=1S/C13H22BrNO/c1-4-10(5-2)9-11(15-6-3)12-7-8-13(14)16-12/h7-8,10-11,15H,4-6,9H2,1-3H3. The van der Waals surface area contributed by atoms with Gasteiger partial charge in [0.15, 0.2) is 4.67 Å². The van der Waals surface area contributed by atoms with Crippen molar-refractivity contribution in [1.82, 2.24) is 5.32 Å². The van der Waals surface area contributed by atoms with Gasteiger partial charge in [-0.25, -0.2) is 0 Å². The lowest BCUT2D eigenvalue weighted by Crippen LogP contribution is -2.22. The first-order valence-corrected chi connectivity index (χ1v) is 6.99. The van der Waals surface area contributed by atoms with E-state index in [0.29, 0.717) is 6.04 Å². The number of hydrogen-bond acceptors (Lipinski definition) is 2. The van der Waals surface area contributed by atoms with Crippen LogP contribution in [0.15, 0.2) is 21.2 Å². The molecule has 0 saturated carbocycles. The van der Waals surface area contributed by atoms with Gasteiger partial charge in [0.1, 0.15) is 5.76 Å². The zero-order chi connectivity index (χ0) is 12.0. The lowest BCUT2D eigenvalue weighted by atomic mass is 9.93. The van der Waals surface area contributed by atoms with Crippen molar-refractivity contribution in [2.75, 3.05) is 6.54 Å². The van der Waals surface area contributed by atoms with Crippen LogP contribution in [0.3, 0.4) is 0 Å². The van der Waals surface area contributed by atoms with Gasteiger partial charge in [-0.2, -0.15) is 0 Å². The van der Waals surface area contributed by atoms with Crippen LogP contribution in [0.5, 0.6) is 0 Å². The van der Waals surface area contributed by atoms with Gasteiger partial charge in [0.25, 0.3) is 0 Å². The van der Waals surface area contributed by atoms with Gasteiger partial charge < -0.3 is 9.73 Å². The van der Waals surface area contributed by atoms with E-state index < -0.39 is 0 Å². The van der Waals surface area contributed by atoms with Gasteiger partial charge in [-0.1, -0.05) is 33.6 Å². The summed E-state index contributed by atoms with van der Waals surface area (Å²) in [6, 6.07) is 4.37. The van der Waals surface area contributed by atoms with Crippen LogP contribution in [-0.2, 0) is 0 Å². The molecule has 0 aliphatic rings. The molecule has 0 saturated heterocycles. The van der Waals surface area contributed by atoms with E-state index in [1.165, 1.54) is 12.8 Å². The maximum absolute atomic E-state index is 5.64. The molecule has 0 bridgehead atoms. The first kappa shape index (κ1) is 13.8. The van der Waals surface area contributed by atoms with E-state index in [2.05, 4.69) is 48.1 Å². The molecule has 0 spiro atoms. The van der Waals surface area contributed by atoms with Gasteiger partial charge in [0.2, 0.25) is 0 Å². The molecule has 1 aromatic heterocycles. The van der Waals surface area contributed by atoms with Crippen LogP contribution in [0, 0.1) is 5.92 Å². The van der Waals surface area contributed by atoms with Crippen molar-refractivity contribution >= 4 is 15.9 Å². The van der Waals surface area contributed by atoms with Gasteiger partial charge in [-0.15, -0.1) is 0 Å². The predicted molar refractivity (Wildman–Crippen MR) is 71.5 cm³/mol. The normalized spacial score (nSPS) is 13.3. The molecule has 1 rings (SSSR count). The summed E-state index contributed by atoms with van der Waals surface area (Å²) >= 11 is 3.36. The Hall–Kier alpha value is -0.280. The lowest BCUT2D eigenvalue weighted by molar-refractivity contribution is 0.328. The molecule has 1 N–H and O–H groups in total. The second-order valence-electron chi connectivity index (χ2n) is 4.17. The van der Waals surface area contributed by atoms with E-state index in [-0.39, 0.29) is 0 Å². The minimum Gasteiger partial charge on any atom is -0.453 e. The van der Waals surface area contributed by atoms with E-state index in [4.69, 9.17) is 4.42 Å². The van der Waals surface area contributed by atoms with Gasteiger partial charge >= 0.3 is 0 Å². The summed E-state index contributed by atoms with van der Waals surface area (Å²) in [5, 5.41) is 3.50. The molecular weight excluding hydrogens is 266 g/mol. The summed E-state index contributed by atoms with van der Waals surface area (Å²) < 4.78 is 6.46. The van der Waals surface area contributed by atoms with Crippen LogP contribution < -0.4 is 5.32 Å². The Morgan fingerprint density at radius 2 is 1.94 bits per heavy atom. The molecule has 0 radical (unpaired) electrons. The van der Waals surface area contributed by atoms with Crippen LogP contribution in [0.2, 0.25) is 0 Å². The summed E-state index contributed by atoms with van der Waals surface area (Å²) in [6.45, 7) is 7.63. The largest absolute Gasteiger partial charge is 0.453 e. The quantitative estimate of drug-likeness (QED) is 0.798. The molecule has 1 heterocycles. The molecule has 0 aliphatic heterocycles. The Bertz CT molecular complexity index is 294. The Morgan fingerprint density at radius 1 is 1.25 bits per heavy atom. The van der Waals surface area contributed by atoms with Crippen LogP contribution in [0.25, 0.3) is 0 Å². The van der Waals surface area contributed by atoms with Crippen LogP contribution >= 0.6 is 15.9 Å². The Balaban J connectivity index is 2.66. The van der Waals surface area contributed by atoms with Gasteiger partial charge in [0.05, 0.1) is 6.04 Å². The summed E-state index contributed by atoms with van der Waals surface area (Å²) in [7, 11) is 0. The highest BCUT2D eigenvalue weighted by atomic mass is 79.9. The van der Waals surface area contributed by atoms with Gasteiger partial charge in [-0.3, -0.25) is 0 Å². The first-order chi connectivity index (χ1) is 7.71. The first-order valence-electron chi connectivity index (χ1n) is 6.19. The monoisotopic (exact) mass is 287 g/mol. The number of halogens is 1. The van der Waals surface area contributed by atoms with Crippen LogP contribution in [-0.4, -0.2) is 6.54 Å². The van der Waals surface area contributed by atoms with Crippen molar-refractivity contribution in [2.45, 2.75) is 46.1 Å². The molecule has 1 aromatic rings. The second kappa shape index (κ2) is 7.13. The molecule has 0 aromatic carbocycles. The Morgan fingerprint density at radius 3 is 2.38 bits per heavy atom. The van der Waals surface area contributed by atoms with Crippen molar-refractivity contribution < 1.29 is 4.42 Å². The van der Waals surface area contributed by atoms with Crippen molar-refractivity contribution in [3.8, 4) is 0 Å². The molecule has 2 nitrogen and oxygen atoms in total. The van der Waals surface area contributed by atoms with Crippen molar-refractivity contribution in [3.05, 3.63) is 22.6 Å². The fraction of sp³-hybridized carbons (Fsp3) is 0.692. The minimum absolute atomic E-state index is 0.348. The van der Waals surface area contributed by atoms with E-state index in [1.807, 2.05) is 6.07 Å². The van der Waals surface area contributed by atoms with Crippen LogP contribution in [0.4, 0.5) is 0 Å². The van der Waals surface area contributed by atoms with Crippen molar-refractivity contribution in [3.63, 3.8) is 0 Å². The highest BCUT2D eigenvalue weighted by molar-refractivity contribution is 9.10. The van der Waals surface area contributed by atoms with Gasteiger partial charge in [-0.05, 0) is 46.9 Å². The third-order valence-corrected chi connectivity index (χ3v) is 3.54. The highest BCUT2D eigenvalue weighted by Crippen LogP contribution is 2.27. The molecule has 1 atom stereocenters. The predicted octanol–water partition coefficient (Wildman–Crippen LogP) is 4.52. The molecular formula is C13H22BrNO. The fourth-order valence-corrected chi connectivity index (χ4v) is 2.34. The van der Waals surface area contributed by atoms with E-state index >= 15 is 0 Å². The minimum atomic E-state index is 0.348. The summed E-state index contributed by atoms with van der Waals surface area (Å²) in [4.78, 5) is 0. The topological polar surface area (TPSA) is 25.2 Å². The third kappa shape index (κ3) is 3.95. The second-order valence-corrected chi connectivity index (χ2v) is 4.95. The Labute approximate surface area is 107 Å². The molecule has 16 heavy (non-hydrogen) atoms. The van der Waals surface area contributed by atoms with Crippen molar-refractivity contribution in [2.24, 2.45) is 5.92 Å². The Kier molecular flexibility index (Phi) is 6.14. The maximum Gasteiger partial charge on any atom is 0.169 e. The number of rotatable bonds is 7. The van der Waals surface area contributed by atoms with E-state index in [1.54, 1.807) is 0 Å². The summed E-state index contributed by atoms with van der Waals surface area (Å²) in [5.41, 5.74) is 0. The SMILES string of the molecule is CCNC(CC(CC)CC)c1ccc(Br)o1. The number of furan rings is 1. The molecule has 0 fully saturated rings. The average molecular weight is 288 g/mol. The van der Waals surface area contributed by atoms with Crippen LogP contribution in [0.1, 0.15) is 51.8 Å². The number of hydrogen-bond donors (Lipinski definition) is 1. The maximum atomic E-state index is 5.64. The molecule has 0 aliphatic carbocycles. The zero-order valence-electron chi connectivity index (χ0n) is 10.4. The average Bonchev–Trinajstić information content (AvgIpc) is 2.71. The number of nitrogens with one attached hydrogen (secondary N) is 1. The van der Waals surface area contributed by atoms with E-state index in [0.717, 1.165) is 29.3 Å². The molecule has 0 amide bonds. The molecule has 1 unspecified atom stereocenters. The highest BCUT2D eigenvalue weighted by Gasteiger charge is 2.18. The molecule has 3 heteroatoms. The summed E-state index contributed by atoms with van der Waals surface area (Å²) in [6.07, 6.45) is 3.63. The fourth-order valence-electron chi connectivity index (χ4n) is 2.02. The smallest absolute Gasteiger partial charge is 0.169 e.